The minimum absolute atomic E-state index is 0.181. The Balaban J connectivity index is 2.05. The Morgan fingerprint density at radius 1 is 1.47 bits per heavy atom. The summed E-state index contributed by atoms with van der Waals surface area (Å²) in [6.07, 6.45) is 0. The van der Waals surface area contributed by atoms with Crippen molar-refractivity contribution in [3.8, 4) is 5.75 Å². The summed E-state index contributed by atoms with van der Waals surface area (Å²) >= 11 is 0. The molecule has 2 aliphatic rings. The summed E-state index contributed by atoms with van der Waals surface area (Å²) in [5.41, 5.74) is 0.634. The molecule has 2 aliphatic heterocycles. The predicted molar refractivity (Wildman–Crippen MR) is 55.9 cm³/mol. The second-order valence-electron chi connectivity index (χ2n) is 3.95. The quantitative estimate of drug-likeness (QED) is 0.688. The molecule has 80 valence electrons. The van der Waals surface area contributed by atoms with Crippen LogP contribution < -0.4 is 15.0 Å². The average Bonchev–Trinajstić information content (AvgIpc) is 2.29. The zero-order valence-corrected chi connectivity index (χ0v) is 8.37. The van der Waals surface area contributed by atoms with Gasteiger partial charge < -0.3 is 15.0 Å². The lowest BCUT2D eigenvalue weighted by Crippen LogP contribution is -2.56. The second-order valence-corrected chi connectivity index (χ2v) is 3.95. The lowest BCUT2D eigenvalue weighted by molar-refractivity contribution is 0.244. The molecule has 0 amide bonds. The summed E-state index contributed by atoms with van der Waals surface area (Å²) in [7, 11) is 0. The van der Waals surface area contributed by atoms with Gasteiger partial charge in [0.05, 0.1) is 6.04 Å². The third-order valence-corrected chi connectivity index (χ3v) is 3.02. The number of nitrogens with one attached hydrogen (secondary N) is 1. The smallest absolute Gasteiger partial charge is 0.150 e. The van der Waals surface area contributed by atoms with Crippen molar-refractivity contribution < 1.29 is 9.13 Å². The molecule has 1 saturated heterocycles. The van der Waals surface area contributed by atoms with Gasteiger partial charge in [-0.05, 0) is 12.1 Å². The number of halogens is 1. The number of hydrogen-bond donors (Lipinski definition) is 1. The highest BCUT2D eigenvalue weighted by molar-refractivity contribution is 5.62. The summed E-state index contributed by atoms with van der Waals surface area (Å²) in [5.74, 6) is 0.493. The van der Waals surface area contributed by atoms with Crippen LogP contribution in [0.2, 0.25) is 0 Å². The van der Waals surface area contributed by atoms with E-state index in [4.69, 9.17) is 4.74 Å². The summed E-state index contributed by atoms with van der Waals surface area (Å²) in [6, 6.07) is 5.28. The number of anilines is 1. The first-order valence-electron chi connectivity index (χ1n) is 5.25. The van der Waals surface area contributed by atoms with Gasteiger partial charge in [0.1, 0.15) is 23.9 Å². The van der Waals surface area contributed by atoms with E-state index in [1.54, 1.807) is 6.07 Å². The fourth-order valence-corrected chi connectivity index (χ4v) is 2.28. The van der Waals surface area contributed by atoms with Crippen LogP contribution in [0.1, 0.15) is 0 Å². The highest BCUT2D eigenvalue weighted by Crippen LogP contribution is 2.36. The summed E-state index contributed by atoms with van der Waals surface area (Å²) in [6.45, 7) is 3.27. The first-order valence-corrected chi connectivity index (χ1v) is 5.25. The molecule has 3 rings (SSSR count). The Morgan fingerprint density at radius 3 is 3.33 bits per heavy atom. The number of ether oxygens (including phenoxy) is 1. The van der Waals surface area contributed by atoms with Crippen LogP contribution in [0, 0.1) is 5.82 Å². The van der Waals surface area contributed by atoms with Crippen LogP contribution in [0.3, 0.4) is 0 Å². The van der Waals surface area contributed by atoms with E-state index < -0.39 is 0 Å². The van der Waals surface area contributed by atoms with E-state index in [-0.39, 0.29) is 11.9 Å². The van der Waals surface area contributed by atoms with Crippen molar-refractivity contribution in [2.75, 3.05) is 31.1 Å². The van der Waals surface area contributed by atoms with Crippen molar-refractivity contribution >= 4 is 5.69 Å². The Kier molecular flexibility index (Phi) is 2.02. The van der Waals surface area contributed by atoms with Gasteiger partial charge in [0, 0.05) is 19.6 Å². The number of rotatable bonds is 0. The van der Waals surface area contributed by atoms with Gasteiger partial charge in [0.2, 0.25) is 0 Å². The van der Waals surface area contributed by atoms with Crippen molar-refractivity contribution in [1.29, 1.82) is 0 Å². The SMILES string of the molecule is Fc1cccc2c1N1CCNCC1CO2. The lowest BCUT2D eigenvalue weighted by Gasteiger charge is -2.41. The summed E-state index contributed by atoms with van der Waals surface area (Å²) in [5, 5.41) is 3.29. The minimum atomic E-state index is -0.181. The fraction of sp³-hybridized carbons (Fsp3) is 0.455. The molecule has 15 heavy (non-hydrogen) atoms. The maximum atomic E-state index is 13.7. The second kappa shape index (κ2) is 3.38. The predicted octanol–water partition coefficient (Wildman–Crippen LogP) is 0.996. The number of benzene rings is 1. The molecular formula is C11H13FN2O. The summed E-state index contributed by atoms with van der Waals surface area (Å²) in [4.78, 5) is 2.12. The van der Waals surface area contributed by atoms with Crippen LogP contribution in [-0.4, -0.2) is 32.3 Å². The van der Waals surface area contributed by atoms with Crippen molar-refractivity contribution in [3.05, 3.63) is 24.0 Å². The Hall–Kier alpha value is -1.29. The van der Waals surface area contributed by atoms with Gasteiger partial charge in [-0.1, -0.05) is 6.07 Å². The molecule has 3 nitrogen and oxygen atoms in total. The molecule has 1 aromatic rings. The summed E-state index contributed by atoms with van der Waals surface area (Å²) < 4.78 is 19.3. The molecule has 4 heteroatoms. The van der Waals surface area contributed by atoms with Crippen LogP contribution in [0.15, 0.2) is 18.2 Å². The number of hydrogen-bond acceptors (Lipinski definition) is 3. The molecule has 0 radical (unpaired) electrons. The number of para-hydroxylation sites is 1. The van der Waals surface area contributed by atoms with Crippen molar-refractivity contribution in [1.82, 2.24) is 5.32 Å². The largest absolute Gasteiger partial charge is 0.489 e. The zero-order chi connectivity index (χ0) is 10.3. The van der Waals surface area contributed by atoms with Crippen molar-refractivity contribution in [3.63, 3.8) is 0 Å². The monoisotopic (exact) mass is 208 g/mol. The molecule has 0 saturated carbocycles. The van der Waals surface area contributed by atoms with Gasteiger partial charge in [-0.25, -0.2) is 4.39 Å². The van der Waals surface area contributed by atoms with Crippen molar-refractivity contribution in [2.24, 2.45) is 0 Å². The van der Waals surface area contributed by atoms with Gasteiger partial charge in [-0.2, -0.15) is 0 Å². The molecule has 0 aromatic heterocycles. The van der Waals surface area contributed by atoms with E-state index >= 15 is 0 Å². The number of nitrogens with zero attached hydrogens (tertiary/aromatic N) is 1. The maximum absolute atomic E-state index is 13.7. The van der Waals surface area contributed by atoms with Gasteiger partial charge in [-0.3, -0.25) is 0 Å². The standard InChI is InChI=1S/C11H13FN2O/c12-9-2-1-3-10-11(9)14-5-4-13-6-8(14)7-15-10/h1-3,8,13H,4-7H2. The molecular weight excluding hydrogens is 195 g/mol. The van der Waals surface area contributed by atoms with Crippen LogP contribution in [0.25, 0.3) is 0 Å². The topological polar surface area (TPSA) is 24.5 Å². The molecule has 0 bridgehead atoms. The van der Waals surface area contributed by atoms with E-state index in [9.17, 15) is 4.39 Å². The van der Waals surface area contributed by atoms with Crippen LogP contribution in [0.5, 0.6) is 5.75 Å². The first kappa shape index (κ1) is 8.97. The van der Waals surface area contributed by atoms with E-state index in [2.05, 4.69) is 10.2 Å². The number of fused-ring (bicyclic) bond motifs is 3. The van der Waals surface area contributed by atoms with Gasteiger partial charge in [0.25, 0.3) is 0 Å². The average molecular weight is 208 g/mol. The van der Waals surface area contributed by atoms with Crippen LogP contribution in [0.4, 0.5) is 10.1 Å². The van der Waals surface area contributed by atoms with Gasteiger partial charge >= 0.3 is 0 Å². The molecule has 1 aromatic carbocycles. The highest BCUT2D eigenvalue weighted by atomic mass is 19.1. The van der Waals surface area contributed by atoms with Gasteiger partial charge in [0.15, 0.2) is 0 Å². The van der Waals surface area contributed by atoms with Crippen LogP contribution >= 0.6 is 0 Å². The molecule has 1 unspecified atom stereocenters. The molecule has 1 atom stereocenters. The molecule has 1 N–H and O–H groups in total. The molecule has 1 fully saturated rings. The molecule has 0 spiro atoms. The van der Waals surface area contributed by atoms with Crippen LogP contribution in [-0.2, 0) is 0 Å². The van der Waals surface area contributed by atoms with E-state index in [0.29, 0.717) is 18.0 Å². The van der Waals surface area contributed by atoms with E-state index in [0.717, 1.165) is 19.6 Å². The van der Waals surface area contributed by atoms with Crippen molar-refractivity contribution in [2.45, 2.75) is 6.04 Å². The number of piperazine rings is 1. The Morgan fingerprint density at radius 2 is 2.40 bits per heavy atom. The third kappa shape index (κ3) is 1.36. The maximum Gasteiger partial charge on any atom is 0.150 e. The lowest BCUT2D eigenvalue weighted by atomic mass is 10.1. The Bertz CT molecular complexity index is 383. The Labute approximate surface area is 87.8 Å². The normalized spacial score (nSPS) is 24.1. The first-order chi connectivity index (χ1) is 7.36. The molecule has 2 heterocycles. The van der Waals surface area contributed by atoms with E-state index in [1.807, 2.05) is 6.07 Å². The van der Waals surface area contributed by atoms with Gasteiger partial charge in [-0.15, -0.1) is 0 Å². The van der Waals surface area contributed by atoms with E-state index in [1.165, 1.54) is 6.07 Å². The molecule has 0 aliphatic carbocycles. The minimum Gasteiger partial charge on any atom is -0.489 e. The fourth-order valence-electron chi connectivity index (χ4n) is 2.28. The highest BCUT2D eigenvalue weighted by Gasteiger charge is 2.31. The third-order valence-electron chi connectivity index (χ3n) is 3.02. The zero-order valence-electron chi connectivity index (χ0n) is 8.37.